The second-order valence-corrected chi connectivity index (χ2v) is 10.0. The van der Waals surface area contributed by atoms with Gasteiger partial charge in [0.15, 0.2) is 5.78 Å². The Hall–Kier alpha value is -5.13. The zero-order chi connectivity index (χ0) is 28.1. The van der Waals surface area contributed by atoms with Crippen LogP contribution in [0.5, 0.6) is 0 Å². The van der Waals surface area contributed by atoms with Crippen molar-refractivity contribution in [2.45, 2.75) is 11.7 Å². The van der Waals surface area contributed by atoms with E-state index >= 15 is 0 Å². The summed E-state index contributed by atoms with van der Waals surface area (Å²) < 4.78 is 0. The summed E-state index contributed by atoms with van der Waals surface area (Å²) in [5.74, 6) is -0.489. The third-order valence-corrected chi connectivity index (χ3v) is 7.73. The van der Waals surface area contributed by atoms with Crippen molar-refractivity contribution in [1.82, 2.24) is 0 Å². The summed E-state index contributed by atoms with van der Waals surface area (Å²) >= 11 is 1.44. The number of nitrogens with two attached hydrogens (primary N) is 1. The van der Waals surface area contributed by atoms with Crippen molar-refractivity contribution in [3.05, 3.63) is 164 Å². The fourth-order valence-corrected chi connectivity index (χ4v) is 5.91. The highest BCUT2D eigenvalue weighted by molar-refractivity contribution is 8.02. The minimum Gasteiger partial charge on any atom is -0.384 e. The number of nitriles is 1. The van der Waals surface area contributed by atoms with Crippen molar-refractivity contribution in [2.75, 3.05) is 4.90 Å². The number of anilines is 1. The highest BCUT2D eigenvalue weighted by Crippen LogP contribution is 2.47. The number of nitro groups is 1. The molecule has 0 aromatic heterocycles. The summed E-state index contributed by atoms with van der Waals surface area (Å²) in [7, 11) is 0. The molecule has 0 radical (unpaired) electrons. The Morgan fingerprint density at radius 1 is 0.925 bits per heavy atom. The van der Waals surface area contributed by atoms with E-state index in [-0.39, 0.29) is 22.9 Å². The third-order valence-electron chi connectivity index (χ3n) is 6.58. The van der Waals surface area contributed by atoms with Gasteiger partial charge >= 0.3 is 0 Å². The minimum atomic E-state index is -0.907. The summed E-state index contributed by atoms with van der Waals surface area (Å²) in [5.41, 5.74) is 9.71. The van der Waals surface area contributed by atoms with Gasteiger partial charge in [0.2, 0.25) is 0 Å². The Bertz CT molecular complexity index is 1660. The first-order valence-corrected chi connectivity index (χ1v) is 13.5. The van der Waals surface area contributed by atoms with Crippen LogP contribution in [0.4, 0.5) is 11.4 Å². The Balaban J connectivity index is 1.79. The van der Waals surface area contributed by atoms with Gasteiger partial charge in [0, 0.05) is 34.7 Å². The lowest BCUT2D eigenvalue weighted by atomic mass is 9.79. The number of ketones is 1. The van der Waals surface area contributed by atoms with Crippen LogP contribution in [0.2, 0.25) is 0 Å². The van der Waals surface area contributed by atoms with Gasteiger partial charge in [-0.2, -0.15) is 5.26 Å². The van der Waals surface area contributed by atoms with Gasteiger partial charge in [0.1, 0.15) is 5.82 Å². The largest absolute Gasteiger partial charge is 0.384 e. The number of Topliss-reactive ketones (excluding diaryl/α,β-unsaturated/α-hetero) is 1. The zero-order valence-corrected chi connectivity index (χ0v) is 22.1. The maximum absolute atomic E-state index is 14.4. The van der Waals surface area contributed by atoms with Crippen LogP contribution in [0.1, 0.15) is 27.4 Å². The lowest BCUT2D eigenvalue weighted by Crippen LogP contribution is -2.36. The molecule has 0 saturated carbocycles. The van der Waals surface area contributed by atoms with E-state index in [1.807, 2.05) is 66.7 Å². The summed E-state index contributed by atoms with van der Waals surface area (Å²) in [6, 6.07) is 36.3. The highest BCUT2D eigenvalue weighted by Gasteiger charge is 2.40. The molecular formula is C32H24N4O3S. The number of benzene rings is 4. The van der Waals surface area contributed by atoms with Gasteiger partial charge in [-0.1, -0.05) is 91.0 Å². The van der Waals surface area contributed by atoms with Crippen molar-refractivity contribution in [3.8, 4) is 6.07 Å². The van der Waals surface area contributed by atoms with Gasteiger partial charge in [-0.15, -0.1) is 11.8 Å². The molecule has 5 rings (SSSR count). The van der Waals surface area contributed by atoms with Gasteiger partial charge in [-0.05, 0) is 23.3 Å². The average Bonchev–Trinajstić information content (AvgIpc) is 3.00. The van der Waals surface area contributed by atoms with Crippen LogP contribution < -0.4 is 10.6 Å². The number of rotatable bonds is 8. The smallest absolute Gasteiger partial charge is 0.269 e. The monoisotopic (exact) mass is 544 g/mol. The number of nitrogens with zero attached hydrogens (tertiary/aromatic N) is 3. The van der Waals surface area contributed by atoms with Crippen LogP contribution in [-0.2, 0) is 5.75 Å². The Kier molecular flexibility index (Phi) is 7.76. The molecule has 0 aliphatic carbocycles. The Morgan fingerprint density at radius 3 is 2.17 bits per heavy atom. The molecule has 0 spiro atoms. The van der Waals surface area contributed by atoms with Gasteiger partial charge in [0.25, 0.3) is 5.69 Å². The number of allylic oxidation sites excluding steroid dienone is 2. The maximum atomic E-state index is 14.4. The molecule has 1 aliphatic heterocycles. The van der Waals surface area contributed by atoms with Crippen LogP contribution in [0, 0.1) is 21.4 Å². The van der Waals surface area contributed by atoms with Crippen molar-refractivity contribution < 1.29 is 9.72 Å². The Morgan fingerprint density at radius 2 is 1.55 bits per heavy atom. The molecule has 0 amide bonds. The predicted molar refractivity (Wildman–Crippen MR) is 157 cm³/mol. The lowest BCUT2D eigenvalue weighted by molar-refractivity contribution is -0.384. The van der Waals surface area contributed by atoms with E-state index in [2.05, 4.69) is 6.07 Å². The number of carbonyl (C=O) groups excluding carboxylic acids is 1. The second kappa shape index (κ2) is 11.7. The molecule has 0 saturated heterocycles. The van der Waals surface area contributed by atoms with Crippen LogP contribution in [0.3, 0.4) is 0 Å². The van der Waals surface area contributed by atoms with Gasteiger partial charge in [-0.25, -0.2) is 0 Å². The van der Waals surface area contributed by atoms with E-state index in [1.165, 1.54) is 23.9 Å². The number of non-ortho nitro benzene ring substituents is 1. The molecule has 4 aromatic rings. The van der Waals surface area contributed by atoms with Crippen molar-refractivity contribution in [3.63, 3.8) is 0 Å². The van der Waals surface area contributed by atoms with Crippen LogP contribution in [-0.4, -0.2) is 10.7 Å². The second-order valence-electron chi connectivity index (χ2n) is 9.06. The summed E-state index contributed by atoms with van der Waals surface area (Å²) in [5, 5.41) is 22.6. The first-order valence-electron chi connectivity index (χ1n) is 12.5. The van der Waals surface area contributed by atoms with E-state index in [9.17, 15) is 20.2 Å². The zero-order valence-electron chi connectivity index (χ0n) is 21.3. The number of carbonyl (C=O) groups is 1. The minimum absolute atomic E-state index is 0.135. The van der Waals surface area contributed by atoms with Crippen molar-refractivity contribution in [1.29, 1.82) is 5.26 Å². The molecule has 1 aliphatic rings. The molecule has 1 atom stereocenters. The summed E-state index contributed by atoms with van der Waals surface area (Å²) in [6.45, 7) is 0. The molecule has 4 aromatic carbocycles. The molecule has 0 fully saturated rings. The number of thioether (sulfide) groups is 1. The molecule has 196 valence electrons. The van der Waals surface area contributed by atoms with Crippen LogP contribution in [0.15, 0.2) is 137 Å². The molecule has 0 bridgehead atoms. The van der Waals surface area contributed by atoms with Gasteiger partial charge < -0.3 is 5.73 Å². The molecule has 2 N–H and O–H groups in total. The summed E-state index contributed by atoms with van der Waals surface area (Å²) in [4.78, 5) is 27.3. The highest BCUT2D eigenvalue weighted by atomic mass is 32.2. The van der Waals surface area contributed by atoms with E-state index in [4.69, 9.17) is 5.73 Å². The predicted octanol–water partition coefficient (Wildman–Crippen LogP) is 6.92. The topological polar surface area (TPSA) is 113 Å². The number of nitro benzene ring substituents is 1. The van der Waals surface area contributed by atoms with E-state index in [1.54, 1.807) is 41.3 Å². The quantitative estimate of drug-likeness (QED) is 0.145. The van der Waals surface area contributed by atoms with E-state index < -0.39 is 10.8 Å². The molecule has 40 heavy (non-hydrogen) atoms. The Labute approximate surface area is 236 Å². The molecule has 8 heteroatoms. The fraction of sp³-hybridized carbons (Fsp3) is 0.0625. The van der Waals surface area contributed by atoms with Crippen molar-refractivity contribution >= 4 is 28.9 Å². The normalized spacial score (nSPS) is 15.1. The summed E-state index contributed by atoms with van der Waals surface area (Å²) in [6.07, 6.45) is 0. The number of hydrogen-bond donors (Lipinski definition) is 1. The molecule has 7 nitrogen and oxygen atoms in total. The number of hydrogen-bond acceptors (Lipinski definition) is 7. The molecule has 1 heterocycles. The van der Waals surface area contributed by atoms with Crippen LogP contribution in [0.25, 0.3) is 0 Å². The van der Waals surface area contributed by atoms with Gasteiger partial charge in [0.05, 0.1) is 27.5 Å². The lowest BCUT2D eigenvalue weighted by Gasteiger charge is -2.37. The van der Waals surface area contributed by atoms with E-state index in [0.717, 1.165) is 5.56 Å². The average molecular weight is 545 g/mol. The van der Waals surface area contributed by atoms with Gasteiger partial charge in [-0.3, -0.25) is 19.8 Å². The first-order chi connectivity index (χ1) is 19.5. The first kappa shape index (κ1) is 26.5. The fourth-order valence-electron chi connectivity index (χ4n) is 4.71. The third kappa shape index (κ3) is 5.23. The van der Waals surface area contributed by atoms with Crippen molar-refractivity contribution in [2.24, 2.45) is 5.73 Å². The molecular weight excluding hydrogens is 520 g/mol. The SMILES string of the molecule is N#CC1=C(N)N(c2ccccc2)C(SCc2ccccc2)=C(C(=O)c2ccccc2)C1c1cccc([N+](=O)[O-])c1. The maximum Gasteiger partial charge on any atom is 0.269 e. The standard InChI is InChI=1S/C32H24N4O3S/c33-20-27-28(24-15-10-18-26(19-24)36(38)39)29(30(37)23-13-6-2-7-14-23)32(40-21-22-11-4-1-5-12-22)35(31(27)34)25-16-8-3-9-17-25/h1-19,28H,21,34H2. The number of para-hydroxylation sites is 1. The molecule has 1 unspecified atom stereocenters. The van der Waals surface area contributed by atoms with E-state index in [0.29, 0.717) is 33.2 Å². The van der Waals surface area contributed by atoms with Crippen LogP contribution >= 0.6 is 11.8 Å².